The molecule has 2 aromatic rings. The molecule has 2 unspecified atom stereocenters. The molecule has 0 aliphatic carbocycles. The third kappa shape index (κ3) is 2.68. The molecular formula is C16H20N2O2. The molecule has 1 aromatic carbocycles. The molecule has 1 aliphatic rings. The summed E-state index contributed by atoms with van der Waals surface area (Å²) >= 11 is 0. The minimum Gasteiger partial charge on any atom is -0.376 e. The first-order chi connectivity index (χ1) is 9.78. The van der Waals surface area contributed by atoms with E-state index in [1.807, 2.05) is 20.0 Å². The second-order valence-electron chi connectivity index (χ2n) is 5.16. The molecular weight excluding hydrogens is 252 g/mol. The Labute approximate surface area is 119 Å². The molecule has 1 fully saturated rings. The van der Waals surface area contributed by atoms with Crippen molar-refractivity contribution < 1.29 is 9.47 Å². The number of aryl methyl sites for hydroxylation is 1. The summed E-state index contributed by atoms with van der Waals surface area (Å²) < 4.78 is 11.3. The van der Waals surface area contributed by atoms with Crippen LogP contribution in [0.4, 0.5) is 0 Å². The molecule has 0 amide bonds. The molecule has 0 saturated carbocycles. The molecule has 20 heavy (non-hydrogen) atoms. The highest BCUT2D eigenvalue weighted by Gasteiger charge is 2.25. The van der Waals surface area contributed by atoms with Gasteiger partial charge in [0.15, 0.2) is 0 Å². The fourth-order valence-corrected chi connectivity index (χ4v) is 2.71. The predicted octanol–water partition coefficient (Wildman–Crippen LogP) is 2.22. The third-order valence-corrected chi connectivity index (χ3v) is 3.74. The van der Waals surface area contributed by atoms with Gasteiger partial charge in [-0.1, -0.05) is 12.1 Å². The van der Waals surface area contributed by atoms with Crippen LogP contribution in [-0.4, -0.2) is 38.0 Å². The van der Waals surface area contributed by atoms with E-state index in [1.165, 1.54) is 5.56 Å². The number of hydrogen-bond donors (Lipinski definition) is 1. The van der Waals surface area contributed by atoms with Gasteiger partial charge in [-0.3, -0.25) is 4.98 Å². The van der Waals surface area contributed by atoms with Crippen LogP contribution in [0.25, 0.3) is 10.9 Å². The highest BCUT2D eigenvalue weighted by atomic mass is 16.6. The lowest BCUT2D eigenvalue weighted by molar-refractivity contribution is -0.101. The van der Waals surface area contributed by atoms with Crippen molar-refractivity contribution in [2.24, 2.45) is 0 Å². The number of nitrogens with one attached hydrogen (secondary N) is 1. The Morgan fingerprint density at radius 2 is 2.15 bits per heavy atom. The molecule has 4 heteroatoms. The van der Waals surface area contributed by atoms with E-state index in [1.54, 1.807) is 0 Å². The number of aromatic nitrogens is 1. The molecule has 1 N–H and O–H groups in total. The van der Waals surface area contributed by atoms with Crippen molar-refractivity contribution in [3.63, 3.8) is 0 Å². The van der Waals surface area contributed by atoms with Crippen molar-refractivity contribution in [3.8, 4) is 0 Å². The smallest absolute Gasteiger partial charge is 0.100 e. The van der Waals surface area contributed by atoms with Crippen LogP contribution < -0.4 is 5.32 Å². The van der Waals surface area contributed by atoms with Crippen molar-refractivity contribution in [2.75, 3.05) is 26.9 Å². The van der Waals surface area contributed by atoms with Crippen LogP contribution in [0.2, 0.25) is 0 Å². The molecule has 0 radical (unpaired) electrons. The molecule has 2 heterocycles. The fraction of sp³-hybridized carbons (Fsp3) is 0.438. The average Bonchev–Trinajstić information content (AvgIpc) is 2.49. The van der Waals surface area contributed by atoms with Gasteiger partial charge in [0.2, 0.25) is 0 Å². The maximum Gasteiger partial charge on any atom is 0.100 e. The monoisotopic (exact) mass is 272 g/mol. The van der Waals surface area contributed by atoms with Gasteiger partial charge in [-0.2, -0.15) is 0 Å². The van der Waals surface area contributed by atoms with Crippen molar-refractivity contribution in [1.82, 2.24) is 10.3 Å². The number of pyridine rings is 1. The van der Waals surface area contributed by atoms with E-state index >= 15 is 0 Å². The SMILES string of the molecule is CNC(c1ccc2nc(C)ccc2c1)C1COCCO1. The van der Waals surface area contributed by atoms with Gasteiger partial charge < -0.3 is 14.8 Å². The highest BCUT2D eigenvalue weighted by Crippen LogP contribution is 2.24. The lowest BCUT2D eigenvalue weighted by Gasteiger charge is -2.30. The van der Waals surface area contributed by atoms with Gasteiger partial charge in [0.25, 0.3) is 0 Å². The van der Waals surface area contributed by atoms with Crippen molar-refractivity contribution >= 4 is 10.9 Å². The van der Waals surface area contributed by atoms with Crippen LogP contribution >= 0.6 is 0 Å². The molecule has 2 atom stereocenters. The predicted molar refractivity (Wildman–Crippen MR) is 78.8 cm³/mol. The summed E-state index contributed by atoms with van der Waals surface area (Å²) in [6.45, 7) is 4.00. The summed E-state index contributed by atoms with van der Waals surface area (Å²) in [4.78, 5) is 4.54. The van der Waals surface area contributed by atoms with Gasteiger partial charge in [0.1, 0.15) is 6.10 Å². The van der Waals surface area contributed by atoms with Crippen LogP contribution in [-0.2, 0) is 9.47 Å². The number of rotatable bonds is 3. The van der Waals surface area contributed by atoms with E-state index in [2.05, 4.69) is 34.6 Å². The Bertz CT molecular complexity index is 594. The number of benzene rings is 1. The number of hydrogen-bond acceptors (Lipinski definition) is 4. The number of fused-ring (bicyclic) bond motifs is 1. The standard InChI is InChI=1S/C16H20N2O2/c1-11-3-4-12-9-13(5-6-14(12)18-11)16(17-2)15-10-19-7-8-20-15/h3-6,9,15-17H,7-8,10H2,1-2H3. The maximum absolute atomic E-state index is 5.81. The van der Waals surface area contributed by atoms with Gasteiger partial charge in [-0.25, -0.2) is 0 Å². The summed E-state index contributed by atoms with van der Waals surface area (Å²) in [5.41, 5.74) is 3.28. The lowest BCUT2D eigenvalue weighted by Crippen LogP contribution is -2.39. The van der Waals surface area contributed by atoms with E-state index in [0.29, 0.717) is 19.8 Å². The summed E-state index contributed by atoms with van der Waals surface area (Å²) in [6.07, 6.45) is 0.0598. The number of ether oxygens (including phenoxy) is 2. The second kappa shape index (κ2) is 5.87. The van der Waals surface area contributed by atoms with Crippen molar-refractivity contribution in [2.45, 2.75) is 19.1 Å². The first kappa shape index (κ1) is 13.5. The number of nitrogens with zero attached hydrogens (tertiary/aromatic N) is 1. The minimum atomic E-state index is 0.0598. The van der Waals surface area contributed by atoms with E-state index < -0.39 is 0 Å². The van der Waals surface area contributed by atoms with Crippen LogP contribution in [0.1, 0.15) is 17.3 Å². The molecule has 0 bridgehead atoms. The quantitative estimate of drug-likeness (QED) is 0.930. The van der Waals surface area contributed by atoms with Gasteiger partial charge in [-0.15, -0.1) is 0 Å². The Morgan fingerprint density at radius 3 is 2.90 bits per heavy atom. The molecule has 1 aliphatic heterocycles. The van der Waals surface area contributed by atoms with E-state index in [-0.39, 0.29) is 12.1 Å². The van der Waals surface area contributed by atoms with Gasteiger partial charge in [0, 0.05) is 11.1 Å². The Balaban J connectivity index is 1.92. The zero-order valence-corrected chi connectivity index (χ0v) is 11.9. The van der Waals surface area contributed by atoms with E-state index in [9.17, 15) is 0 Å². The molecule has 0 spiro atoms. The molecule has 3 rings (SSSR count). The Kier molecular flexibility index (Phi) is 3.96. The van der Waals surface area contributed by atoms with Crippen molar-refractivity contribution in [1.29, 1.82) is 0 Å². The zero-order chi connectivity index (χ0) is 13.9. The average molecular weight is 272 g/mol. The first-order valence-corrected chi connectivity index (χ1v) is 7.02. The molecule has 106 valence electrons. The minimum absolute atomic E-state index is 0.0598. The number of likely N-dealkylation sites (N-methyl/N-ethyl adjacent to an activating group) is 1. The van der Waals surface area contributed by atoms with Gasteiger partial charge in [0.05, 0.1) is 31.4 Å². The topological polar surface area (TPSA) is 43.4 Å². The Hall–Kier alpha value is -1.49. The zero-order valence-electron chi connectivity index (χ0n) is 11.9. The Morgan fingerprint density at radius 1 is 1.25 bits per heavy atom. The summed E-state index contributed by atoms with van der Waals surface area (Å²) in [7, 11) is 1.96. The first-order valence-electron chi connectivity index (χ1n) is 7.02. The fourth-order valence-electron chi connectivity index (χ4n) is 2.71. The second-order valence-corrected chi connectivity index (χ2v) is 5.16. The normalized spacial score (nSPS) is 21.0. The van der Waals surface area contributed by atoms with Gasteiger partial charge in [-0.05, 0) is 37.7 Å². The van der Waals surface area contributed by atoms with Gasteiger partial charge >= 0.3 is 0 Å². The summed E-state index contributed by atoms with van der Waals surface area (Å²) in [6, 6.07) is 10.7. The lowest BCUT2D eigenvalue weighted by atomic mass is 9.99. The van der Waals surface area contributed by atoms with Crippen LogP contribution in [0, 0.1) is 6.92 Å². The van der Waals surface area contributed by atoms with Crippen molar-refractivity contribution in [3.05, 3.63) is 41.6 Å². The largest absolute Gasteiger partial charge is 0.376 e. The summed E-state index contributed by atoms with van der Waals surface area (Å²) in [5.74, 6) is 0. The third-order valence-electron chi connectivity index (χ3n) is 3.74. The van der Waals surface area contributed by atoms with E-state index in [0.717, 1.165) is 16.6 Å². The molecule has 4 nitrogen and oxygen atoms in total. The van der Waals surface area contributed by atoms with E-state index in [4.69, 9.17) is 9.47 Å². The van der Waals surface area contributed by atoms with Crippen LogP contribution in [0.15, 0.2) is 30.3 Å². The molecule has 1 saturated heterocycles. The molecule has 1 aromatic heterocycles. The summed E-state index contributed by atoms with van der Waals surface area (Å²) in [5, 5.41) is 4.50. The van der Waals surface area contributed by atoms with Crippen LogP contribution in [0.5, 0.6) is 0 Å². The maximum atomic E-state index is 5.81. The van der Waals surface area contributed by atoms with Crippen LogP contribution in [0.3, 0.4) is 0 Å². The highest BCUT2D eigenvalue weighted by molar-refractivity contribution is 5.79.